The fourth-order valence-corrected chi connectivity index (χ4v) is 5.89. The lowest BCUT2D eigenvalue weighted by Crippen LogP contribution is -2.55. The summed E-state index contributed by atoms with van der Waals surface area (Å²) in [6.07, 6.45) is -7.44. The third-order valence-corrected chi connectivity index (χ3v) is 8.02. The fraction of sp³-hybridized carbons (Fsp3) is 0.391. The van der Waals surface area contributed by atoms with E-state index in [0.29, 0.717) is 20.3 Å². The Bertz CT molecular complexity index is 1460. The highest BCUT2D eigenvalue weighted by molar-refractivity contribution is 9.10. The highest BCUT2D eigenvalue weighted by atomic mass is 79.9. The molecule has 0 bridgehead atoms. The first kappa shape index (κ1) is 28.1. The van der Waals surface area contributed by atoms with Crippen LogP contribution in [0.4, 0.5) is 13.2 Å². The van der Waals surface area contributed by atoms with Crippen LogP contribution in [-0.4, -0.2) is 71.5 Å². The van der Waals surface area contributed by atoms with E-state index < -0.39 is 48.3 Å². The number of rotatable bonds is 6. The van der Waals surface area contributed by atoms with Crippen LogP contribution in [0.15, 0.2) is 46.5 Å². The Kier molecular flexibility index (Phi) is 7.85. The van der Waals surface area contributed by atoms with Gasteiger partial charge in [-0.15, -0.1) is 16.4 Å². The van der Waals surface area contributed by atoms with Gasteiger partial charge in [-0.1, -0.05) is 32.7 Å². The lowest BCUT2D eigenvalue weighted by molar-refractivity contribution is -0.230. The molecule has 4 aromatic rings. The number of hydrogen-bond acceptors (Lipinski definition) is 9. The first-order chi connectivity index (χ1) is 18.5. The minimum atomic E-state index is -4.67. The Hall–Kier alpha value is -2.40. The number of aromatic nitrogens is 6. The number of aliphatic hydroxyl groups is 2. The van der Waals surface area contributed by atoms with Crippen molar-refractivity contribution >= 4 is 38.9 Å². The maximum Gasteiger partial charge on any atom is 0.418 e. The summed E-state index contributed by atoms with van der Waals surface area (Å²) in [5.74, 6) is 0. The van der Waals surface area contributed by atoms with E-state index in [1.165, 1.54) is 54.4 Å². The topological polar surface area (TPSA) is 120 Å². The van der Waals surface area contributed by atoms with Crippen LogP contribution in [0, 0.1) is 0 Å². The number of alkyl halides is 3. The zero-order chi connectivity index (χ0) is 28.1. The molecule has 0 spiro atoms. The molecule has 5 unspecified atom stereocenters. The van der Waals surface area contributed by atoms with Crippen molar-refractivity contribution in [3.63, 3.8) is 0 Å². The SMILES string of the molecule is CO[C@H]1C(C(C)O)OC(c2ccnn2-c2cc(Br)ccc2C(F)(F)F)C(O)C1n1cc(-c2nc(Cl)cs2)nn1. The smallest absolute Gasteiger partial charge is 0.391 e. The largest absolute Gasteiger partial charge is 0.418 e. The van der Waals surface area contributed by atoms with Crippen LogP contribution in [0.1, 0.15) is 30.3 Å². The molecule has 16 heteroatoms. The second kappa shape index (κ2) is 10.9. The molecule has 3 aromatic heterocycles. The van der Waals surface area contributed by atoms with E-state index >= 15 is 0 Å². The summed E-state index contributed by atoms with van der Waals surface area (Å²) in [6, 6.07) is 3.98. The molecule has 1 fully saturated rings. The number of ether oxygens (including phenoxy) is 2. The number of aliphatic hydroxyl groups excluding tert-OH is 2. The quantitative estimate of drug-likeness (QED) is 0.314. The van der Waals surface area contributed by atoms with Crippen molar-refractivity contribution < 1.29 is 32.9 Å². The molecule has 2 N–H and O–H groups in total. The van der Waals surface area contributed by atoms with Crippen molar-refractivity contribution in [2.75, 3.05) is 7.11 Å². The molecule has 208 valence electrons. The van der Waals surface area contributed by atoms with Gasteiger partial charge < -0.3 is 19.7 Å². The van der Waals surface area contributed by atoms with Crippen LogP contribution in [0.2, 0.25) is 5.15 Å². The zero-order valence-corrected chi connectivity index (χ0v) is 23.4. The second-order valence-electron chi connectivity index (χ2n) is 8.83. The van der Waals surface area contributed by atoms with E-state index in [9.17, 15) is 23.4 Å². The van der Waals surface area contributed by atoms with E-state index in [2.05, 4.69) is 36.3 Å². The molecule has 5 rings (SSSR count). The normalized spacial score (nSPS) is 24.7. The number of hydrogen-bond donors (Lipinski definition) is 2. The molecular formula is C23H21BrClF3N6O4S. The minimum Gasteiger partial charge on any atom is -0.391 e. The van der Waals surface area contributed by atoms with Crippen molar-refractivity contribution in [1.29, 1.82) is 0 Å². The molecule has 4 heterocycles. The Morgan fingerprint density at radius 2 is 2.05 bits per heavy atom. The Labute approximate surface area is 237 Å². The molecule has 6 atom stereocenters. The Morgan fingerprint density at radius 1 is 1.28 bits per heavy atom. The zero-order valence-electron chi connectivity index (χ0n) is 20.2. The lowest BCUT2D eigenvalue weighted by Gasteiger charge is -2.45. The molecule has 10 nitrogen and oxygen atoms in total. The van der Waals surface area contributed by atoms with Gasteiger partial charge in [0.25, 0.3) is 0 Å². The van der Waals surface area contributed by atoms with Crippen LogP contribution in [0.5, 0.6) is 0 Å². The molecule has 0 saturated carbocycles. The van der Waals surface area contributed by atoms with Crippen LogP contribution in [0.3, 0.4) is 0 Å². The standard InChI is InChI=1S/C23H21BrClF3N6O4S/c1-10(35)19-21(37-2)17(33-8-13(31-32-33)22-30-16(25)9-39-22)18(36)20(38-19)14-5-6-29-34(14)15-7-11(24)3-4-12(15)23(26,27)28/h3-10,17-21,35-36H,1-2H3/t10?,17?,18?,19?,20?,21-/m1/s1. The van der Waals surface area contributed by atoms with Gasteiger partial charge in [0.15, 0.2) is 0 Å². The monoisotopic (exact) mass is 648 g/mol. The maximum absolute atomic E-state index is 13.9. The first-order valence-electron chi connectivity index (χ1n) is 11.5. The lowest BCUT2D eigenvalue weighted by atomic mass is 9.88. The Morgan fingerprint density at radius 3 is 2.69 bits per heavy atom. The molecule has 1 saturated heterocycles. The van der Waals surface area contributed by atoms with Gasteiger partial charge in [0.1, 0.15) is 46.3 Å². The van der Waals surface area contributed by atoms with E-state index in [-0.39, 0.29) is 11.4 Å². The maximum atomic E-state index is 13.9. The van der Waals surface area contributed by atoms with Crippen LogP contribution in [0.25, 0.3) is 16.4 Å². The van der Waals surface area contributed by atoms with E-state index in [1.807, 2.05) is 0 Å². The number of thiazole rings is 1. The highest BCUT2D eigenvalue weighted by Crippen LogP contribution is 2.42. The van der Waals surface area contributed by atoms with Gasteiger partial charge in [0, 0.05) is 23.2 Å². The van der Waals surface area contributed by atoms with Crippen molar-refractivity contribution in [3.8, 4) is 16.4 Å². The van der Waals surface area contributed by atoms with Crippen LogP contribution >= 0.6 is 38.9 Å². The van der Waals surface area contributed by atoms with Crippen LogP contribution in [-0.2, 0) is 15.7 Å². The molecule has 1 aliphatic heterocycles. The molecule has 1 aromatic carbocycles. The van der Waals surface area contributed by atoms with Crippen molar-refractivity contribution in [2.24, 2.45) is 0 Å². The molecule has 39 heavy (non-hydrogen) atoms. The summed E-state index contributed by atoms with van der Waals surface area (Å²) in [5.41, 5.74) is -0.680. The van der Waals surface area contributed by atoms with Gasteiger partial charge in [-0.05, 0) is 31.2 Å². The summed E-state index contributed by atoms with van der Waals surface area (Å²) in [7, 11) is 1.39. The van der Waals surface area contributed by atoms with Gasteiger partial charge in [-0.25, -0.2) is 14.3 Å². The summed E-state index contributed by atoms with van der Waals surface area (Å²) in [4.78, 5) is 4.18. The van der Waals surface area contributed by atoms with E-state index in [0.717, 1.165) is 10.7 Å². The average Bonchev–Trinajstić information content (AvgIpc) is 3.63. The summed E-state index contributed by atoms with van der Waals surface area (Å²) >= 11 is 10.4. The van der Waals surface area contributed by atoms with Gasteiger partial charge in [0.05, 0.1) is 29.2 Å². The summed E-state index contributed by atoms with van der Waals surface area (Å²) in [6.45, 7) is 1.49. The van der Waals surface area contributed by atoms with Crippen molar-refractivity contribution in [1.82, 2.24) is 29.8 Å². The third-order valence-electron chi connectivity index (χ3n) is 6.34. The second-order valence-corrected chi connectivity index (χ2v) is 11.0. The molecular weight excluding hydrogens is 629 g/mol. The van der Waals surface area contributed by atoms with Gasteiger partial charge in [-0.2, -0.15) is 18.3 Å². The third kappa shape index (κ3) is 5.36. The molecule has 1 aliphatic rings. The van der Waals surface area contributed by atoms with E-state index in [1.54, 1.807) is 11.6 Å². The summed E-state index contributed by atoms with van der Waals surface area (Å²) < 4.78 is 56.3. The molecule has 0 aliphatic carbocycles. The fourth-order valence-electron chi connectivity index (χ4n) is 4.65. The van der Waals surface area contributed by atoms with Crippen molar-refractivity contribution in [2.45, 2.75) is 49.7 Å². The van der Waals surface area contributed by atoms with Crippen LogP contribution < -0.4 is 0 Å². The van der Waals surface area contributed by atoms with Gasteiger partial charge >= 0.3 is 6.18 Å². The Balaban J connectivity index is 1.59. The summed E-state index contributed by atoms with van der Waals surface area (Å²) in [5, 5.41) is 37.0. The predicted molar refractivity (Wildman–Crippen MR) is 138 cm³/mol. The minimum absolute atomic E-state index is 0.128. The highest BCUT2D eigenvalue weighted by Gasteiger charge is 2.50. The van der Waals surface area contributed by atoms with Gasteiger partial charge in [0.2, 0.25) is 0 Å². The average molecular weight is 650 g/mol. The van der Waals surface area contributed by atoms with E-state index in [4.69, 9.17) is 21.1 Å². The molecule has 0 amide bonds. The molecule has 0 radical (unpaired) electrons. The predicted octanol–water partition coefficient (Wildman–Crippen LogP) is 4.46. The number of nitrogens with zero attached hydrogens (tertiary/aromatic N) is 6. The van der Waals surface area contributed by atoms with Crippen molar-refractivity contribution in [3.05, 3.63) is 62.9 Å². The first-order valence-corrected chi connectivity index (χ1v) is 13.5. The van der Waals surface area contributed by atoms with Gasteiger partial charge in [-0.3, -0.25) is 0 Å². The number of halogens is 5. The number of methoxy groups -OCH3 is 1. The number of benzene rings is 1.